The van der Waals surface area contributed by atoms with E-state index in [1.807, 2.05) is 6.07 Å². The molecule has 0 aliphatic heterocycles. The van der Waals surface area contributed by atoms with Crippen molar-refractivity contribution in [3.05, 3.63) is 41.8 Å². The van der Waals surface area contributed by atoms with E-state index in [1.54, 1.807) is 6.07 Å². The Labute approximate surface area is 125 Å². The lowest BCUT2D eigenvalue weighted by Gasteiger charge is -2.09. The van der Waals surface area contributed by atoms with E-state index in [9.17, 15) is 4.39 Å². The summed E-state index contributed by atoms with van der Waals surface area (Å²) in [7, 11) is 1.45. The summed E-state index contributed by atoms with van der Waals surface area (Å²) >= 11 is 0. The van der Waals surface area contributed by atoms with Crippen LogP contribution >= 0.6 is 0 Å². The second kappa shape index (κ2) is 4.98. The van der Waals surface area contributed by atoms with Gasteiger partial charge in [-0.2, -0.15) is 4.98 Å². The summed E-state index contributed by atoms with van der Waals surface area (Å²) in [4.78, 5) is 4.30. The first-order valence-corrected chi connectivity index (χ1v) is 7.02. The third-order valence-electron chi connectivity index (χ3n) is 3.65. The van der Waals surface area contributed by atoms with Crippen molar-refractivity contribution in [2.24, 2.45) is 0 Å². The Morgan fingerprint density at radius 1 is 1.18 bits per heavy atom. The minimum atomic E-state index is -0.392. The maximum atomic E-state index is 13.2. The van der Waals surface area contributed by atoms with Gasteiger partial charge in [0.1, 0.15) is 5.82 Å². The lowest BCUT2D eigenvalue weighted by molar-refractivity contribution is 0.369. The van der Waals surface area contributed by atoms with Crippen molar-refractivity contribution in [1.29, 1.82) is 0 Å². The fourth-order valence-electron chi connectivity index (χ4n) is 2.38. The topological polar surface area (TPSA) is 57.4 Å². The highest BCUT2D eigenvalue weighted by atomic mass is 19.1. The van der Waals surface area contributed by atoms with E-state index >= 15 is 0 Å². The summed E-state index contributed by atoms with van der Waals surface area (Å²) in [5.74, 6) is 1.13. The Morgan fingerprint density at radius 2 is 2.05 bits per heavy atom. The summed E-state index contributed by atoms with van der Waals surface area (Å²) in [5, 5.41) is 5.00. The van der Waals surface area contributed by atoms with Crippen LogP contribution in [0.3, 0.4) is 0 Å². The van der Waals surface area contributed by atoms with Gasteiger partial charge < -0.3 is 14.0 Å². The molecule has 0 radical (unpaired) electrons. The maximum Gasteiger partial charge on any atom is 0.261 e. The maximum absolute atomic E-state index is 13.2. The van der Waals surface area contributed by atoms with Gasteiger partial charge in [0.15, 0.2) is 11.5 Å². The van der Waals surface area contributed by atoms with E-state index in [2.05, 4.69) is 10.1 Å². The molecular formula is C16H13FN2O3. The predicted molar refractivity (Wildman–Crippen MR) is 76.8 cm³/mol. The standard InChI is InChI=1S/C16H13FN2O3/c1-20-13-8-10(17)4-6-12(13)21-14-7-5-11-15(9-2-3-9)19-22-16(11)18-14/h4-9H,2-3H2,1H3. The fraction of sp³-hybridized carbons (Fsp3) is 0.250. The molecule has 0 saturated heterocycles. The summed E-state index contributed by atoms with van der Waals surface area (Å²) in [5.41, 5.74) is 1.41. The van der Waals surface area contributed by atoms with Crippen molar-refractivity contribution in [3.8, 4) is 17.4 Å². The van der Waals surface area contributed by atoms with E-state index in [4.69, 9.17) is 14.0 Å². The van der Waals surface area contributed by atoms with Gasteiger partial charge >= 0.3 is 0 Å². The third kappa shape index (κ3) is 2.26. The molecule has 5 nitrogen and oxygen atoms in total. The van der Waals surface area contributed by atoms with Crippen LogP contribution in [-0.2, 0) is 0 Å². The highest BCUT2D eigenvalue weighted by molar-refractivity contribution is 5.77. The van der Waals surface area contributed by atoms with Gasteiger partial charge in [0.05, 0.1) is 18.2 Å². The Balaban J connectivity index is 1.67. The number of ether oxygens (including phenoxy) is 2. The van der Waals surface area contributed by atoms with Crippen molar-refractivity contribution in [2.75, 3.05) is 7.11 Å². The van der Waals surface area contributed by atoms with Gasteiger partial charge in [-0.1, -0.05) is 5.16 Å². The first-order valence-electron chi connectivity index (χ1n) is 7.02. The van der Waals surface area contributed by atoms with E-state index in [0.29, 0.717) is 29.0 Å². The summed E-state index contributed by atoms with van der Waals surface area (Å²) in [6.07, 6.45) is 2.29. The Morgan fingerprint density at radius 3 is 2.82 bits per heavy atom. The molecule has 2 heterocycles. The molecule has 1 aliphatic rings. The zero-order chi connectivity index (χ0) is 15.1. The average Bonchev–Trinajstić information content (AvgIpc) is 3.29. The normalized spacial score (nSPS) is 14.3. The van der Waals surface area contributed by atoms with E-state index in [-0.39, 0.29) is 0 Å². The highest BCUT2D eigenvalue weighted by Gasteiger charge is 2.29. The van der Waals surface area contributed by atoms with Crippen LogP contribution in [0, 0.1) is 5.82 Å². The van der Waals surface area contributed by atoms with Gasteiger partial charge in [0.25, 0.3) is 5.71 Å². The second-order valence-corrected chi connectivity index (χ2v) is 5.24. The van der Waals surface area contributed by atoms with Crippen molar-refractivity contribution < 1.29 is 18.4 Å². The molecule has 0 amide bonds. The van der Waals surface area contributed by atoms with Gasteiger partial charge in [-0.25, -0.2) is 4.39 Å². The zero-order valence-corrected chi connectivity index (χ0v) is 11.9. The molecule has 1 aliphatic carbocycles. The molecule has 112 valence electrons. The third-order valence-corrected chi connectivity index (χ3v) is 3.65. The molecule has 0 spiro atoms. The first kappa shape index (κ1) is 13.1. The van der Waals surface area contributed by atoms with Crippen LogP contribution in [0.2, 0.25) is 0 Å². The Kier molecular flexibility index (Phi) is 2.96. The molecule has 0 N–H and O–H groups in total. The monoisotopic (exact) mass is 300 g/mol. The van der Waals surface area contributed by atoms with Crippen molar-refractivity contribution in [3.63, 3.8) is 0 Å². The average molecular weight is 300 g/mol. The van der Waals surface area contributed by atoms with Crippen LogP contribution in [0.5, 0.6) is 17.4 Å². The fourth-order valence-corrected chi connectivity index (χ4v) is 2.38. The number of benzene rings is 1. The highest BCUT2D eigenvalue weighted by Crippen LogP contribution is 2.42. The molecule has 1 aromatic carbocycles. The van der Waals surface area contributed by atoms with Crippen LogP contribution in [0.15, 0.2) is 34.9 Å². The quantitative estimate of drug-likeness (QED) is 0.727. The Bertz CT molecular complexity index is 843. The first-order chi connectivity index (χ1) is 10.7. The van der Waals surface area contributed by atoms with Gasteiger partial charge in [-0.15, -0.1) is 0 Å². The number of halogens is 1. The number of hydrogen-bond acceptors (Lipinski definition) is 5. The minimum absolute atomic E-state index is 0.304. The van der Waals surface area contributed by atoms with Crippen LogP contribution < -0.4 is 9.47 Å². The SMILES string of the molecule is COc1cc(F)ccc1Oc1ccc2c(C3CC3)noc2n1. The van der Waals surface area contributed by atoms with E-state index in [0.717, 1.165) is 23.9 Å². The lowest BCUT2D eigenvalue weighted by atomic mass is 10.2. The second-order valence-electron chi connectivity index (χ2n) is 5.24. The zero-order valence-electron chi connectivity index (χ0n) is 11.9. The Hall–Kier alpha value is -2.63. The van der Waals surface area contributed by atoms with Crippen LogP contribution in [0.1, 0.15) is 24.5 Å². The largest absolute Gasteiger partial charge is 0.493 e. The smallest absolute Gasteiger partial charge is 0.261 e. The molecule has 6 heteroatoms. The number of methoxy groups -OCH3 is 1. The van der Waals surface area contributed by atoms with E-state index < -0.39 is 5.82 Å². The predicted octanol–water partition coefficient (Wildman–Crippen LogP) is 4.04. The van der Waals surface area contributed by atoms with Gasteiger partial charge in [0, 0.05) is 18.1 Å². The molecule has 0 bridgehead atoms. The molecule has 1 fully saturated rings. The summed E-state index contributed by atoms with van der Waals surface area (Å²) in [6.45, 7) is 0. The minimum Gasteiger partial charge on any atom is -0.493 e. The molecule has 0 atom stereocenters. The molecular weight excluding hydrogens is 287 g/mol. The lowest BCUT2D eigenvalue weighted by Crippen LogP contribution is -1.93. The number of pyridine rings is 1. The molecule has 4 rings (SSSR count). The molecule has 3 aromatic rings. The number of fused-ring (bicyclic) bond motifs is 1. The van der Waals surface area contributed by atoms with Crippen LogP contribution in [0.4, 0.5) is 4.39 Å². The van der Waals surface area contributed by atoms with Crippen LogP contribution in [0.25, 0.3) is 11.1 Å². The molecule has 22 heavy (non-hydrogen) atoms. The van der Waals surface area contributed by atoms with Gasteiger partial charge in [-0.3, -0.25) is 0 Å². The number of rotatable bonds is 4. The van der Waals surface area contributed by atoms with E-state index in [1.165, 1.54) is 25.3 Å². The van der Waals surface area contributed by atoms with Crippen molar-refractivity contribution in [1.82, 2.24) is 10.1 Å². The van der Waals surface area contributed by atoms with Crippen molar-refractivity contribution >= 4 is 11.1 Å². The number of nitrogens with zero attached hydrogens (tertiary/aromatic N) is 2. The van der Waals surface area contributed by atoms with Crippen LogP contribution in [-0.4, -0.2) is 17.3 Å². The summed E-state index contributed by atoms with van der Waals surface area (Å²) < 4.78 is 29.2. The van der Waals surface area contributed by atoms with Crippen molar-refractivity contribution in [2.45, 2.75) is 18.8 Å². The number of aromatic nitrogens is 2. The molecule has 2 aromatic heterocycles. The number of hydrogen-bond donors (Lipinski definition) is 0. The van der Waals surface area contributed by atoms with Gasteiger partial charge in [-0.05, 0) is 31.0 Å². The summed E-state index contributed by atoms with van der Waals surface area (Å²) in [6, 6.07) is 7.69. The molecule has 1 saturated carbocycles. The van der Waals surface area contributed by atoms with Gasteiger partial charge in [0.2, 0.25) is 5.88 Å². The molecule has 0 unspecified atom stereocenters.